The standard InChI is InChI=1S/C11H15N3O3/c1-7(15)9(12)10-13-8(6-17-10)11(16)14-4-2-3-5-14/h2-3,6-7,9,15H,4-5,12H2,1H3. The maximum Gasteiger partial charge on any atom is 0.276 e. The van der Waals surface area contributed by atoms with Crippen LogP contribution in [0, 0.1) is 0 Å². The highest BCUT2D eigenvalue weighted by Crippen LogP contribution is 2.15. The lowest BCUT2D eigenvalue weighted by molar-refractivity contribution is 0.0794. The minimum absolute atomic E-state index is 0.176. The number of oxazole rings is 1. The smallest absolute Gasteiger partial charge is 0.276 e. The van der Waals surface area contributed by atoms with Crippen LogP contribution in [0.1, 0.15) is 29.3 Å². The molecule has 1 amide bonds. The average molecular weight is 237 g/mol. The minimum atomic E-state index is -0.773. The van der Waals surface area contributed by atoms with E-state index in [0.29, 0.717) is 13.1 Å². The summed E-state index contributed by atoms with van der Waals surface area (Å²) >= 11 is 0. The van der Waals surface area contributed by atoms with Crippen LogP contribution < -0.4 is 5.73 Å². The van der Waals surface area contributed by atoms with Crippen molar-refractivity contribution in [2.45, 2.75) is 19.1 Å². The number of amides is 1. The van der Waals surface area contributed by atoms with E-state index in [4.69, 9.17) is 10.2 Å². The molecular weight excluding hydrogens is 222 g/mol. The average Bonchev–Trinajstić information content (AvgIpc) is 2.98. The molecule has 0 saturated carbocycles. The van der Waals surface area contributed by atoms with Gasteiger partial charge in [-0.1, -0.05) is 12.2 Å². The van der Waals surface area contributed by atoms with Crippen LogP contribution in [0.2, 0.25) is 0 Å². The summed E-state index contributed by atoms with van der Waals surface area (Å²) in [5.41, 5.74) is 5.88. The zero-order valence-corrected chi connectivity index (χ0v) is 9.54. The van der Waals surface area contributed by atoms with Gasteiger partial charge >= 0.3 is 0 Å². The van der Waals surface area contributed by atoms with Gasteiger partial charge in [0, 0.05) is 13.1 Å². The number of aliphatic hydroxyl groups excluding tert-OH is 1. The fourth-order valence-corrected chi connectivity index (χ4v) is 1.55. The Bertz CT molecular complexity index is 431. The molecule has 0 bridgehead atoms. The Hall–Kier alpha value is -1.66. The zero-order chi connectivity index (χ0) is 12.4. The number of carbonyl (C=O) groups excluding carboxylic acids is 1. The van der Waals surface area contributed by atoms with Gasteiger partial charge in [0.1, 0.15) is 12.3 Å². The number of aromatic nitrogens is 1. The molecule has 0 fully saturated rings. The Morgan fingerprint density at radius 3 is 2.82 bits per heavy atom. The highest BCUT2D eigenvalue weighted by atomic mass is 16.3. The molecule has 0 spiro atoms. The van der Waals surface area contributed by atoms with E-state index >= 15 is 0 Å². The second kappa shape index (κ2) is 4.68. The van der Waals surface area contributed by atoms with Crippen LogP contribution in [0.3, 0.4) is 0 Å². The van der Waals surface area contributed by atoms with Crippen LogP contribution in [-0.4, -0.2) is 40.1 Å². The predicted molar refractivity (Wildman–Crippen MR) is 60.2 cm³/mol. The third-order valence-electron chi connectivity index (χ3n) is 2.65. The Morgan fingerprint density at radius 1 is 1.59 bits per heavy atom. The molecular formula is C11H15N3O3. The highest BCUT2D eigenvalue weighted by Gasteiger charge is 2.23. The first-order chi connectivity index (χ1) is 8.09. The van der Waals surface area contributed by atoms with Crippen molar-refractivity contribution in [2.24, 2.45) is 5.73 Å². The van der Waals surface area contributed by atoms with Gasteiger partial charge in [0.25, 0.3) is 5.91 Å². The zero-order valence-electron chi connectivity index (χ0n) is 9.54. The molecule has 0 aromatic carbocycles. The van der Waals surface area contributed by atoms with Crippen molar-refractivity contribution >= 4 is 5.91 Å². The molecule has 6 heteroatoms. The van der Waals surface area contributed by atoms with Crippen LogP contribution >= 0.6 is 0 Å². The first kappa shape index (κ1) is 11.8. The fraction of sp³-hybridized carbons (Fsp3) is 0.455. The van der Waals surface area contributed by atoms with Crippen molar-refractivity contribution in [3.05, 3.63) is 30.0 Å². The first-order valence-electron chi connectivity index (χ1n) is 5.43. The fourth-order valence-electron chi connectivity index (χ4n) is 1.55. The molecule has 1 aliphatic rings. The number of nitrogens with zero attached hydrogens (tertiary/aromatic N) is 2. The Labute approximate surface area is 98.7 Å². The van der Waals surface area contributed by atoms with Crippen molar-refractivity contribution in [1.82, 2.24) is 9.88 Å². The molecule has 2 rings (SSSR count). The number of hydrogen-bond acceptors (Lipinski definition) is 5. The van der Waals surface area contributed by atoms with Gasteiger partial charge in [-0.25, -0.2) is 4.98 Å². The van der Waals surface area contributed by atoms with Crippen LogP contribution in [-0.2, 0) is 0 Å². The van der Waals surface area contributed by atoms with E-state index in [1.165, 1.54) is 6.26 Å². The molecule has 1 aromatic rings. The van der Waals surface area contributed by atoms with Gasteiger partial charge in [0.2, 0.25) is 5.89 Å². The molecule has 3 N–H and O–H groups in total. The quantitative estimate of drug-likeness (QED) is 0.725. The van der Waals surface area contributed by atoms with Gasteiger partial charge in [-0.05, 0) is 6.92 Å². The highest BCUT2D eigenvalue weighted by molar-refractivity contribution is 5.92. The Kier molecular flexibility index (Phi) is 3.26. The molecule has 2 atom stereocenters. The summed E-state index contributed by atoms with van der Waals surface area (Å²) in [6, 6.07) is -0.715. The van der Waals surface area contributed by atoms with E-state index < -0.39 is 12.1 Å². The summed E-state index contributed by atoms with van der Waals surface area (Å²) in [6.07, 6.45) is 4.34. The maximum atomic E-state index is 11.9. The van der Waals surface area contributed by atoms with Gasteiger partial charge in [0.15, 0.2) is 5.69 Å². The molecule has 2 unspecified atom stereocenters. The predicted octanol–water partition coefficient (Wildman–Crippen LogP) is 0.0672. The summed E-state index contributed by atoms with van der Waals surface area (Å²) in [5.74, 6) is -0.0155. The Balaban J connectivity index is 2.10. The van der Waals surface area contributed by atoms with Gasteiger partial charge < -0.3 is 20.2 Å². The van der Waals surface area contributed by atoms with Crippen LogP contribution in [0.25, 0.3) is 0 Å². The lowest BCUT2D eigenvalue weighted by Gasteiger charge is -2.12. The lowest BCUT2D eigenvalue weighted by atomic mass is 10.2. The monoisotopic (exact) mass is 237 g/mol. The summed E-state index contributed by atoms with van der Waals surface area (Å²) < 4.78 is 5.10. The molecule has 1 aromatic heterocycles. The molecule has 0 radical (unpaired) electrons. The largest absolute Gasteiger partial charge is 0.446 e. The van der Waals surface area contributed by atoms with E-state index in [0.717, 1.165) is 0 Å². The number of hydrogen-bond donors (Lipinski definition) is 2. The van der Waals surface area contributed by atoms with Crippen molar-refractivity contribution in [3.8, 4) is 0 Å². The molecule has 1 aliphatic heterocycles. The van der Waals surface area contributed by atoms with Gasteiger partial charge in [-0.15, -0.1) is 0 Å². The number of carbonyl (C=O) groups is 1. The lowest BCUT2D eigenvalue weighted by Crippen LogP contribution is -2.29. The van der Waals surface area contributed by atoms with Crippen molar-refractivity contribution < 1.29 is 14.3 Å². The topological polar surface area (TPSA) is 92.6 Å². The van der Waals surface area contributed by atoms with Gasteiger partial charge in [-0.3, -0.25) is 4.79 Å². The third kappa shape index (κ3) is 2.37. The van der Waals surface area contributed by atoms with E-state index in [1.54, 1.807) is 11.8 Å². The molecule has 0 saturated heterocycles. The summed E-state index contributed by atoms with van der Waals surface area (Å²) in [6.45, 7) is 2.72. The molecule has 92 valence electrons. The second-order valence-electron chi connectivity index (χ2n) is 4.02. The van der Waals surface area contributed by atoms with Gasteiger partial charge in [-0.2, -0.15) is 0 Å². The summed E-state index contributed by atoms with van der Waals surface area (Å²) in [7, 11) is 0. The summed E-state index contributed by atoms with van der Waals surface area (Å²) in [5, 5.41) is 9.30. The van der Waals surface area contributed by atoms with Crippen molar-refractivity contribution in [1.29, 1.82) is 0 Å². The number of nitrogens with two attached hydrogens (primary N) is 1. The first-order valence-corrected chi connectivity index (χ1v) is 5.43. The van der Waals surface area contributed by atoms with E-state index in [-0.39, 0.29) is 17.5 Å². The molecule has 2 heterocycles. The van der Waals surface area contributed by atoms with Crippen molar-refractivity contribution in [2.75, 3.05) is 13.1 Å². The van der Waals surface area contributed by atoms with Crippen LogP contribution in [0.5, 0.6) is 0 Å². The number of rotatable bonds is 3. The van der Waals surface area contributed by atoms with E-state index in [9.17, 15) is 9.90 Å². The van der Waals surface area contributed by atoms with Gasteiger partial charge in [0.05, 0.1) is 6.10 Å². The number of aliphatic hydroxyl groups is 1. The molecule has 0 aliphatic carbocycles. The Morgan fingerprint density at radius 2 is 2.24 bits per heavy atom. The van der Waals surface area contributed by atoms with Crippen molar-refractivity contribution in [3.63, 3.8) is 0 Å². The molecule has 6 nitrogen and oxygen atoms in total. The molecule has 17 heavy (non-hydrogen) atoms. The van der Waals surface area contributed by atoms with Crippen LogP contribution in [0.15, 0.2) is 22.8 Å². The third-order valence-corrected chi connectivity index (χ3v) is 2.65. The van der Waals surface area contributed by atoms with E-state index in [2.05, 4.69) is 4.98 Å². The minimum Gasteiger partial charge on any atom is -0.446 e. The normalized spacial score (nSPS) is 18.4. The SMILES string of the molecule is CC(O)C(N)c1nc(C(=O)N2CC=CC2)co1. The summed E-state index contributed by atoms with van der Waals surface area (Å²) in [4.78, 5) is 17.6. The van der Waals surface area contributed by atoms with E-state index in [1.807, 2.05) is 12.2 Å². The second-order valence-corrected chi connectivity index (χ2v) is 4.02. The van der Waals surface area contributed by atoms with Crippen LogP contribution in [0.4, 0.5) is 0 Å². The maximum absolute atomic E-state index is 11.9.